The molecule has 4 atom stereocenters. The summed E-state index contributed by atoms with van der Waals surface area (Å²) in [5.41, 5.74) is 1.63. The highest BCUT2D eigenvalue weighted by Gasteiger charge is 2.35. The second-order valence-corrected chi connectivity index (χ2v) is 14.7. The molecule has 20 heteroatoms. The van der Waals surface area contributed by atoms with Crippen molar-refractivity contribution in [3.63, 3.8) is 0 Å². The number of ether oxygens (including phenoxy) is 2. The van der Waals surface area contributed by atoms with Gasteiger partial charge in [0.15, 0.2) is 11.6 Å². The molecule has 16 nitrogen and oxygen atoms in total. The third-order valence-electron chi connectivity index (χ3n) is 10.7. The highest BCUT2D eigenvalue weighted by molar-refractivity contribution is 6.02. The minimum absolute atomic E-state index is 0.0344. The Kier molecular flexibility index (Phi) is 10.5. The fourth-order valence-corrected chi connectivity index (χ4v) is 7.66. The Balaban J connectivity index is 0.000000158. The van der Waals surface area contributed by atoms with E-state index in [9.17, 15) is 36.7 Å². The summed E-state index contributed by atoms with van der Waals surface area (Å²) in [6.45, 7) is 0.659. The van der Waals surface area contributed by atoms with E-state index in [4.69, 9.17) is 9.47 Å². The minimum atomic E-state index is -1.13. The Morgan fingerprint density at radius 3 is 1.42 bits per heavy atom. The Labute approximate surface area is 348 Å². The molecule has 10 rings (SSSR count). The average molecular weight is 851 g/mol. The number of hydrogen-bond donors (Lipinski definition) is 4. The van der Waals surface area contributed by atoms with Gasteiger partial charge in [-0.1, -0.05) is 60.7 Å². The Bertz CT molecular complexity index is 2550. The van der Waals surface area contributed by atoms with Crippen molar-refractivity contribution in [2.24, 2.45) is 0 Å². The second-order valence-electron chi connectivity index (χ2n) is 14.7. The van der Waals surface area contributed by atoms with Gasteiger partial charge in [-0.15, -0.1) is 10.2 Å². The van der Waals surface area contributed by atoms with Crippen LogP contribution < -0.4 is 30.7 Å². The highest BCUT2D eigenvalue weighted by atomic mass is 19.1. The third kappa shape index (κ3) is 7.88. The zero-order valence-corrected chi connectivity index (χ0v) is 32.3. The van der Waals surface area contributed by atoms with Crippen LogP contribution in [-0.4, -0.2) is 78.5 Å². The number of amides is 4. The molecule has 6 heterocycles. The topological polar surface area (TPSA) is 196 Å². The van der Waals surface area contributed by atoms with Crippen molar-refractivity contribution in [3.05, 3.63) is 143 Å². The normalized spacial score (nSPS) is 19.6. The molecule has 0 aliphatic carbocycles. The first-order chi connectivity index (χ1) is 30.0. The van der Waals surface area contributed by atoms with Crippen LogP contribution in [0.2, 0.25) is 0 Å². The van der Waals surface area contributed by atoms with Gasteiger partial charge in [-0.25, -0.2) is 36.9 Å². The number of carbonyl (C=O) groups is 4. The van der Waals surface area contributed by atoms with Crippen molar-refractivity contribution in [2.45, 2.75) is 49.9 Å². The minimum Gasteiger partial charge on any atom is -0.488 e. The smallest absolute Gasteiger partial charge is 0.291 e. The quantitative estimate of drug-likeness (QED) is 0.174. The van der Waals surface area contributed by atoms with Crippen LogP contribution in [0.4, 0.5) is 28.9 Å². The summed E-state index contributed by atoms with van der Waals surface area (Å²) in [4.78, 5) is 59.0. The molecule has 4 amide bonds. The first-order valence-electron chi connectivity index (χ1n) is 19.5. The van der Waals surface area contributed by atoms with E-state index >= 15 is 0 Å². The summed E-state index contributed by atoms with van der Waals surface area (Å²) in [5, 5.41) is 18.2. The molecule has 0 unspecified atom stereocenters. The Morgan fingerprint density at radius 2 is 1.02 bits per heavy atom. The van der Waals surface area contributed by atoms with E-state index in [2.05, 4.69) is 41.4 Å². The number of nitrogens with one attached hydrogen (secondary N) is 4. The number of nitrogens with zero attached hydrogens (tertiary/aromatic N) is 6. The molecule has 0 saturated heterocycles. The molecule has 4 aromatic carbocycles. The van der Waals surface area contributed by atoms with E-state index in [1.54, 1.807) is 9.36 Å². The maximum Gasteiger partial charge on any atom is 0.291 e. The lowest BCUT2D eigenvalue weighted by Gasteiger charge is -2.13. The summed E-state index contributed by atoms with van der Waals surface area (Å²) in [6, 6.07) is 20.6. The monoisotopic (exact) mass is 850 g/mol. The van der Waals surface area contributed by atoms with E-state index in [0.717, 1.165) is 36.1 Å². The molecule has 0 spiro atoms. The molecule has 6 aromatic rings. The highest BCUT2D eigenvalue weighted by Crippen LogP contribution is 2.35. The van der Waals surface area contributed by atoms with Gasteiger partial charge in [-0.2, -0.15) is 0 Å². The third-order valence-corrected chi connectivity index (χ3v) is 10.7. The number of hydrogen-bond acceptors (Lipinski definition) is 10. The van der Waals surface area contributed by atoms with Crippen LogP contribution in [0, 0.1) is 23.3 Å². The maximum atomic E-state index is 14.0. The summed E-state index contributed by atoms with van der Waals surface area (Å²) in [5.74, 6) is -5.28. The summed E-state index contributed by atoms with van der Waals surface area (Å²) in [7, 11) is 0. The maximum absolute atomic E-state index is 14.0. The van der Waals surface area contributed by atoms with E-state index in [1.807, 2.05) is 60.7 Å². The van der Waals surface area contributed by atoms with Gasteiger partial charge in [0, 0.05) is 49.2 Å². The lowest BCUT2D eigenvalue weighted by Crippen LogP contribution is -2.46. The number of benzene rings is 4. The van der Waals surface area contributed by atoms with Gasteiger partial charge in [-0.3, -0.25) is 19.2 Å². The lowest BCUT2D eigenvalue weighted by molar-refractivity contribution is -0.119. The summed E-state index contributed by atoms with van der Waals surface area (Å²) < 4.78 is 68.8. The molecular formula is C42H34F4N10O6. The number of halogens is 4. The molecular weight excluding hydrogens is 817 g/mol. The molecule has 4 aliphatic heterocycles. The average Bonchev–Trinajstić information content (AvgIpc) is 4.02. The number of rotatable bonds is 6. The van der Waals surface area contributed by atoms with Crippen LogP contribution in [0.1, 0.15) is 68.7 Å². The van der Waals surface area contributed by atoms with Crippen LogP contribution in [0.5, 0.6) is 11.5 Å². The van der Waals surface area contributed by atoms with E-state index < -0.39 is 59.0 Å². The van der Waals surface area contributed by atoms with Gasteiger partial charge in [-0.05, 0) is 24.0 Å². The molecule has 0 bridgehead atoms. The van der Waals surface area contributed by atoms with Gasteiger partial charge < -0.3 is 30.7 Å². The first-order valence-corrected chi connectivity index (χ1v) is 19.5. The second kappa shape index (κ2) is 16.4. The lowest BCUT2D eigenvalue weighted by atomic mass is 9.97. The zero-order valence-electron chi connectivity index (χ0n) is 32.3. The van der Waals surface area contributed by atoms with E-state index in [0.29, 0.717) is 36.9 Å². The van der Waals surface area contributed by atoms with Crippen LogP contribution in [-0.2, 0) is 22.7 Å². The molecule has 2 aromatic heterocycles. The van der Waals surface area contributed by atoms with Crippen molar-refractivity contribution in [3.8, 4) is 11.5 Å². The molecule has 316 valence electrons. The van der Waals surface area contributed by atoms with Crippen LogP contribution in [0.3, 0.4) is 0 Å². The van der Waals surface area contributed by atoms with E-state index in [1.165, 1.54) is 0 Å². The number of aromatic nitrogens is 6. The number of carbonyl (C=O) groups excluding carboxylic acids is 4. The molecule has 4 aliphatic rings. The van der Waals surface area contributed by atoms with Crippen LogP contribution >= 0.6 is 0 Å². The molecule has 0 fully saturated rings. The first kappa shape index (κ1) is 39.8. The number of anilines is 2. The van der Waals surface area contributed by atoms with Crippen molar-refractivity contribution in [1.82, 2.24) is 40.2 Å². The van der Waals surface area contributed by atoms with Crippen molar-refractivity contribution < 1.29 is 46.2 Å². The van der Waals surface area contributed by atoms with Gasteiger partial charge in [0.05, 0.1) is 0 Å². The Morgan fingerprint density at radius 1 is 0.613 bits per heavy atom. The van der Waals surface area contributed by atoms with Gasteiger partial charge in [0.2, 0.25) is 11.6 Å². The van der Waals surface area contributed by atoms with E-state index in [-0.39, 0.29) is 59.6 Å². The molecule has 4 N–H and O–H groups in total. The Hall–Kier alpha value is -7.64. The number of fused-ring (bicyclic) bond motifs is 4. The molecule has 0 saturated carbocycles. The van der Waals surface area contributed by atoms with Crippen LogP contribution in [0.25, 0.3) is 0 Å². The fourth-order valence-electron chi connectivity index (χ4n) is 7.66. The van der Waals surface area contributed by atoms with Crippen molar-refractivity contribution in [2.75, 3.05) is 23.8 Å². The number of aryl methyl sites for hydroxylation is 2. The van der Waals surface area contributed by atoms with Crippen molar-refractivity contribution in [1.29, 1.82) is 0 Å². The summed E-state index contributed by atoms with van der Waals surface area (Å²) >= 11 is 0. The fraction of sp³-hybridized carbons (Fsp3) is 0.238. The standard InChI is InChI=1S/2C21H17F2N5O3/c2*22-12-8-14(23)17-16(9-12)31-10-15(20(29)25-17)24-21(30)18-26-19-13(6-7-28(19)27-18)11-4-2-1-3-5-11/h2*1-5,8-9,13,15H,6-7,10H2,(H,24,30)(H,25,29)/t13-,15+;13-,15-/m10/s1. The van der Waals surface area contributed by atoms with Crippen LogP contribution in [0.15, 0.2) is 84.9 Å². The largest absolute Gasteiger partial charge is 0.488 e. The SMILES string of the molecule is O=C(N[C@H]1COc2cc(F)cc(F)c2NC1=O)c1nc2n(n1)CC[C@@H]2c1ccccc1.O=C(N[C@H]1COc2cc(F)cc(F)c2NC1=O)c1nc2n(n1)CC[C@H]2c1ccccc1. The van der Waals surface area contributed by atoms with Crippen molar-refractivity contribution >= 4 is 35.0 Å². The predicted molar refractivity (Wildman–Crippen MR) is 209 cm³/mol. The predicted octanol–water partition coefficient (Wildman–Crippen LogP) is 4.44. The molecule has 0 radical (unpaired) electrons. The van der Waals surface area contributed by atoms with Gasteiger partial charge in [0.1, 0.15) is 71.5 Å². The molecule has 62 heavy (non-hydrogen) atoms. The summed E-state index contributed by atoms with van der Waals surface area (Å²) in [6.07, 6.45) is 1.67. The van der Waals surface area contributed by atoms with Gasteiger partial charge >= 0.3 is 0 Å². The zero-order chi connectivity index (χ0) is 43.1. The van der Waals surface area contributed by atoms with Gasteiger partial charge in [0.25, 0.3) is 23.6 Å².